The van der Waals surface area contributed by atoms with E-state index in [1.165, 1.54) is 12.4 Å². The van der Waals surface area contributed by atoms with Gasteiger partial charge in [-0.3, -0.25) is 9.78 Å². The molecule has 1 fully saturated rings. The van der Waals surface area contributed by atoms with Gasteiger partial charge in [0.25, 0.3) is 5.91 Å². The first-order valence-electron chi connectivity index (χ1n) is 15.6. The van der Waals surface area contributed by atoms with Gasteiger partial charge in [0.1, 0.15) is 17.0 Å². The maximum Gasteiger partial charge on any atom is 0.418 e. The molecule has 16 heteroatoms. The number of hydrogen-bond donors (Lipinski definition) is 3. The van der Waals surface area contributed by atoms with Crippen molar-refractivity contribution in [2.45, 2.75) is 83.4 Å². The van der Waals surface area contributed by atoms with Crippen LogP contribution in [0.15, 0.2) is 42.9 Å². The number of alkyl carbamates (subject to hydrolysis) is 1. The topological polar surface area (TPSA) is 157 Å². The number of carbonyl (C=O) groups is 2. The molecule has 48 heavy (non-hydrogen) atoms. The average molecular weight is 689 g/mol. The molecule has 0 radical (unpaired) electrons. The van der Waals surface area contributed by atoms with Gasteiger partial charge in [-0.15, -0.1) is 0 Å². The largest absolute Gasteiger partial charge is 0.444 e. The van der Waals surface area contributed by atoms with Crippen LogP contribution >= 0.6 is 0 Å². The minimum atomic E-state index is -4.70. The summed E-state index contributed by atoms with van der Waals surface area (Å²) in [5.74, 6) is -0.888. The number of ether oxygens (including phenoxy) is 1. The molecule has 1 aliphatic heterocycles. The van der Waals surface area contributed by atoms with E-state index in [2.05, 4.69) is 57.5 Å². The van der Waals surface area contributed by atoms with E-state index in [1.807, 2.05) is 4.90 Å². The third-order valence-corrected chi connectivity index (χ3v) is 12.0. The quantitative estimate of drug-likeness (QED) is 0.219. The Labute approximate surface area is 279 Å². The average Bonchev–Trinajstić information content (AvgIpc) is 3.00. The van der Waals surface area contributed by atoms with Crippen LogP contribution in [0.5, 0.6) is 0 Å². The SMILES string of the molecule is CC(C)[Si](C)(C)OCC1(NC(=O)OC(C)(C)C)CCN(c2cccnc2NC(=O)c2nc(-c3ncccc3C(F)(F)F)cnc2N)CC1. The molecule has 1 saturated heterocycles. The summed E-state index contributed by atoms with van der Waals surface area (Å²) < 4.78 is 53.0. The fourth-order valence-corrected chi connectivity index (χ4v) is 5.91. The summed E-state index contributed by atoms with van der Waals surface area (Å²) in [6, 6.07) is 5.54. The summed E-state index contributed by atoms with van der Waals surface area (Å²) in [7, 11) is -2.04. The van der Waals surface area contributed by atoms with E-state index in [4.69, 9.17) is 14.9 Å². The normalized spacial score (nSPS) is 15.3. The zero-order chi connectivity index (χ0) is 35.5. The van der Waals surface area contributed by atoms with Gasteiger partial charge in [-0.25, -0.2) is 19.7 Å². The molecule has 3 aromatic heterocycles. The Bertz CT molecular complexity index is 1620. The number of nitrogens with two attached hydrogens (primary N) is 1. The smallest absolute Gasteiger partial charge is 0.418 e. The standard InChI is InChI=1S/C32H43F3N8O4Si/c1-20(2)48(6,7)46-19-31(42-29(45)47-30(3,4)5)12-16-43(17-13-31)23-11-9-15-38-27(23)41-28(44)25-26(36)39-18-22(40-25)24-21(32(33,34)35)10-8-14-37-24/h8-11,14-15,18,20H,12-13,16-17,19H2,1-7H3,(H2,36,39)(H,42,45)(H,38,41,44). The monoisotopic (exact) mass is 688 g/mol. The van der Waals surface area contributed by atoms with Crippen LogP contribution in [-0.2, 0) is 15.3 Å². The van der Waals surface area contributed by atoms with Gasteiger partial charge in [0.2, 0.25) is 0 Å². The van der Waals surface area contributed by atoms with E-state index in [1.54, 1.807) is 32.9 Å². The number of nitrogen functional groups attached to an aromatic ring is 1. The zero-order valence-corrected chi connectivity index (χ0v) is 29.2. The lowest BCUT2D eigenvalue weighted by atomic mass is 9.88. The molecular formula is C32H43F3N8O4Si. The Kier molecular flexibility index (Phi) is 10.7. The Morgan fingerprint density at radius 3 is 2.33 bits per heavy atom. The number of carbonyl (C=O) groups excluding carboxylic acids is 2. The first kappa shape index (κ1) is 36.5. The molecule has 1 aliphatic rings. The first-order chi connectivity index (χ1) is 22.3. The summed E-state index contributed by atoms with van der Waals surface area (Å²) in [6.45, 7) is 15.3. The van der Waals surface area contributed by atoms with E-state index in [0.717, 1.165) is 18.3 Å². The molecule has 3 aromatic rings. The summed E-state index contributed by atoms with van der Waals surface area (Å²) >= 11 is 0. The number of pyridine rings is 2. The second kappa shape index (κ2) is 14.0. The maximum absolute atomic E-state index is 13.6. The van der Waals surface area contributed by atoms with Crippen molar-refractivity contribution in [2.24, 2.45) is 0 Å². The maximum atomic E-state index is 13.6. The summed E-state index contributed by atoms with van der Waals surface area (Å²) in [4.78, 5) is 44.6. The van der Waals surface area contributed by atoms with Gasteiger partial charge in [-0.2, -0.15) is 13.2 Å². The molecule has 0 aromatic carbocycles. The van der Waals surface area contributed by atoms with Gasteiger partial charge < -0.3 is 30.4 Å². The lowest BCUT2D eigenvalue weighted by Crippen LogP contribution is -2.60. The number of anilines is 3. The molecule has 0 aliphatic carbocycles. The number of aromatic nitrogens is 4. The number of nitrogens with one attached hydrogen (secondary N) is 2. The number of alkyl halides is 3. The number of hydrogen-bond acceptors (Lipinski definition) is 10. The highest BCUT2D eigenvalue weighted by Gasteiger charge is 2.41. The zero-order valence-electron chi connectivity index (χ0n) is 28.2. The van der Waals surface area contributed by atoms with E-state index >= 15 is 0 Å². The van der Waals surface area contributed by atoms with Crippen LogP contribution in [0.3, 0.4) is 0 Å². The van der Waals surface area contributed by atoms with Gasteiger partial charge in [0.15, 0.2) is 25.6 Å². The van der Waals surface area contributed by atoms with Crippen molar-refractivity contribution >= 4 is 37.6 Å². The lowest BCUT2D eigenvalue weighted by molar-refractivity contribution is -0.137. The van der Waals surface area contributed by atoms with Crippen molar-refractivity contribution in [1.82, 2.24) is 25.3 Å². The molecule has 2 amide bonds. The van der Waals surface area contributed by atoms with Gasteiger partial charge in [-0.05, 0) is 76.5 Å². The minimum Gasteiger partial charge on any atom is -0.444 e. The van der Waals surface area contributed by atoms with Crippen LogP contribution in [0.2, 0.25) is 18.6 Å². The van der Waals surface area contributed by atoms with Gasteiger partial charge >= 0.3 is 12.3 Å². The molecular weight excluding hydrogens is 645 g/mol. The van der Waals surface area contributed by atoms with Crippen molar-refractivity contribution in [2.75, 3.05) is 35.6 Å². The molecule has 4 rings (SSSR count). The summed E-state index contributed by atoms with van der Waals surface area (Å²) in [5, 5.41) is 5.80. The molecule has 12 nitrogen and oxygen atoms in total. The van der Waals surface area contributed by atoms with Crippen LogP contribution in [0.25, 0.3) is 11.4 Å². The molecule has 4 heterocycles. The Hall–Kier alpha value is -4.31. The van der Waals surface area contributed by atoms with Gasteiger partial charge in [-0.1, -0.05) is 13.8 Å². The van der Waals surface area contributed by atoms with E-state index in [9.17, 15) is 22.8 Å². The second-order valence-corrected chi connectivity index (χ2v) is 18.3. The molecule has 260 valence electrons. The highest BCUT2D eigenvalue weighted by Crippen LogP contribution is 2.36. The highest BCUT2D eigenvalue weighted by atomic mass is 28.4. The number of halogens is 3. The van der Waals surface area contributed by atoms with Crippen molar-refractivity contribution < 1.29 is 31.9 Å². The number of nitrogens with zero attached hydrogens (tertiary/aromatic N) is 5. The summed E-state index contributed by atoms with van der Waals surface area (Å²) in [6.07, 6.45) is -0.462. The first-order valence-corrected chi connectivity index (χ1v) is 18.6. The molecule has 0 unspecified atom stereocenters. The second-order valence-electron chi connectivity index (χ2n) is 13.7. The Morgan fingerprint density at radius 1 is 1.06 bits per heavy atom. The number of rotatable bonds is 9. The predicted octanol–water partition coefficient (Wildman–Crippen LogP) is 6.28. The van der Waals surface area contributed by atoms with Crippen molar-refractivity contribution in [3.63, 3.8) is 0 Å². The predicted molar refractivity (Wildman–Crippen MR) is 179 cm³/mol. The molecule has 0 spiro atoms. The third-order valence-electron chi connectivity index (χ3n) is 8.33. The van der Waals surface area contributed by atoms with Gasteiger partial charge in [0.05, 0.1) is 29.6 Å². The number of amides is 2. The van der Waals surface area contributed by atoms with Crippen LogP contribution < -0.4 is 21.3 Å². The van der Waals surface area contributed by atoms with E-state index in [0.29, 0.717) is 43.8 Å². The van der Waals surface area contributed by atoms with E-state index in [-0.39, 0.29) is 23.0 Å². The van der Waals surface area contributed by atoms with Crippen LogP contribution in [0.1, 0.15) is 63.5 Å². The van der Waals surface area contributed by atoms with Gasteiger partial charge in [0, 0.05) is 25.5 Å². The minimum absolute atomic E-state index is 0.195. The summed E-state index contributed by atoms with van der Waals surface area (Å²) in [5.41, 5.74) is 3.41. The highest BCUT2D eigenvalue weighted by molar-refractivity contribution is 6.72. The fourth-order valence-electron chi connectivity index (χ4n) is 4.92. The van der Waals surface area contributed by atoms with Crippen LogP contribution in [0, 0.1) is 0 Å². The molecule has 0 bridgehead atoms. The van der Waals surface area contributed by atoms with Crippen LogP contribution in [0.4, 0.5) is 35.3 Å². The van der Waals surface area contributed by atoms with Crippen LogP contribution in [-0.4, -0.2) is 71.1 Å². The molecule has 0 saturated carbocycles. The molecule has 0 atom stereocenters. The Balaban J connectivity index is 1.55. The third kappa shape index (κ3) is 8.98. The lowest BCUT2D eigenvalue weighted by Gasteiger charge is -2.44. The van der Waals surface area contributed by atoms with Crippen molar-refractivity contribution in [3.05, 3.63) is 54.1 Å². The fraction of sp³-hybridized carbons (Fsp3) is 0.500. The number of piperidine rings is 1. The Morgan fingerprint density at radius 2 is 1.71 bits per heavy atom. The van der Waals surface area contributed by atoms with Crippen molar-refractivity contribution in [1.29, 1.82) is 0 Å². The van der Waals surface area contributed by atoms with Crippen molar-refractivity contribution in [3.8, 4) is 11.4 Å². The van der Waals surface area contributed by atoms with E-state index < -0.39 is 48.9 Å². The molecule has 4 N–H and O–H groups in total.